The quantitative estimate of drug-likeness (QED) is 0.685. The molecule has 2 aromatic carbocycles. The van der Waals surface area contributed by atoms with Crippen LogP contribution < -0.4 is 4.80 Å². The Morgan fingerprint density at radius 3 is 2.29 bits per heavy atom. The molecule has 0 radical (unpaired) electrons. The van der Waals surface area contributed by atoms with Gasteiger partial charge in [-0.1, -0.05) is 62.4 Å². The number of aromatic nitrogens is 1. The van der Waals surface area contributed by atoms with Gasteiger partial charge in [-0.2, -0.15) is 4.99 Å². The highest BCUT2D eigenvalue weighted by Crippen LogP contribution is 2.20. The molecule has 0 fully saturated rings. The molecular formula is C20H20N2OS. The molecule has 122 valence electrons. The van der Waals surface area contributed by atoms with Crippen LogP contribution >= 0.6 is 11.3 Å². The lowest BCUT2D eigenvalue weighted by Crippen LogP contribution is -2.20. The van der Waals surface area contributed by atoms with Crippen LogP contribution in [-0.2, 0) is 6.54 Å². The molecule has 1 aromatic heterocycles. The lowest BCUT2D eigenvalue weighted by atomic mass is 10.1. The summed E-state index contributed by atoms with van der Waals surface area (Å²) in [5, 5.41) is 2.08. The van der Waals surface area contributed by atoms with Crippen LogP contribution in [-0.4, -0.2) is 10.5 Å². The summed E-state index contributed by atoms with van der Waals surface area (Å²) in [6.07, 6.45) is 0. The minimum absolute atomic E-state index is 0.199. The predicted molar refractivity (Wildman–Crippen MR) is 98.9 cm³/mol. The maximum Gasteiger partial charge on any atom is 0.279 e. The second-order valence-corrected chi connectivity index (χ2v) is 6.89. The molecule has 3 aromatic rings. The van der Waals surface area contributed by atoms with E-state index in [4.69, 9.17) is 0 Å². The van der Waals surface area contributed by atoms with E-state index < -0.39 is 0 Å². The number of rotatable bonds is 4. The molecular weight excluding hydrogens is 316 g/mol. The Kier molecular flexibility index (Phi) is 5.06. The Morgan fingerprint density at radius 2 is 1.67 bits per heavy atom. The number of benzene rings is 2. The smallest absolute Gasteiger partial charge is 0.279 e. The van der Waals surface area contributed by atoms with Crippen molar-refractivity contribution in [1.82, 2.24) is 4.57 Å². The van der Waals surface area contributed by atoms with Gasteiger partial charge in [0.05, 0.1) is 5.69 Å². The molecule has 0 aliphatic heterocycles. The van der Waals surface area contributed by atoms with Crippen molar-refractivity contribution in [1.29, 1.82) is 0 Å². The first kappa shape index (κ1) is 16.4. The first-order chi connectivity index (χ1) is 11.6. The van der Waals surface area contributed by atoms with Gasteiger partial charge in [-0.15, -0.1) is 11.3 Å². The van der Waals surface area contributed by atoms with E-state index in [0.29, 0.717) is 11.5 Å². The summed E-state index contributed by atoms with van der Waals surface area (Å²) in [6.45, 7) is 5.17. The summed E-state index contributed by atoms with van der Waals surface area (Å²) in [5.74, 6) is 0.266. The van der Waals surface area contributed by atoms with Crippen molar-refractivity contribution in [2.75, 3.05) is 0 Å². The van der Waals surface area contributed by atoms with Gasteiger partial charge in [0.2, 0.25) is 0 Å². The van der Waals surface area contributed by atoms with Gasteiger partial charge in [0, 0.05) is 17.5 Å². The molecule has 0 atom stereocenters. The summed E-state index contributed by atoms with van der Waals surface area (Å²) in [4.78, 5) is 17.5. The summed E-state index contributed by atoms with van der Waals surface area (Å²) >= 11 is 1.51. The third kappa shape index (κ3) is 3.71. The van der Waals surface area contributed by atoms with E-state index in [1.165, 1.54) is 11.3 Å². The average Bonchev–Trinajstić information content (AvgIpc) is 2.98. The minimum Gasteiger partial charge on any atom is -0.316 e. The Balaban J connectivity index is 2.06. The van der Waals surface area contributed by atoms with Crippen molar-refractivity contribution >= 4 is 17.2 Å². The van der Waals surface area contributed by atoms with Crippen LogP contribution in [0.1, 0.15) is 24.2 Å². The fraction of sp³-hybridized carbons (Fsp3) is 0.200. The Labute approximate surface area is 145 Å². The monoisotopic (exact) mass is 336 g/mol. The third-order valence-electron chi connectivity index (χ3n) is 3.63. The molecule has 0 spiro atoms. The highest BCUT2D eigenvalue weighted by Gasteiger charge is 2.11. The van der Waals surface area contributed by atoms with E-state index in [1.807, 2.05) is 36.4 Å². The largest absolute Gasteiger partial charge is 0.316 e. The van der Waals surface area contributed by atoms with Crippen LogP contribution in [0.2, 0.25) is 0 Å². The molecule has 0 aliphatic carbocycles. The Hall–Kier alpha value is -2.46. The van der Waals surface area contributed by atoms with Crippen LogP contribution in [0.25, 0.3) is 11.3 Å². The third-order valence-corrected chi connectivity index (χ3v) is 4.50. The van der Waals surface area contributed by atoms with E-state index in [-0.39, 0.29) is 5.91 Å². The zero-order valence-electron chi connectivity index (χ0n) is 13.8. The highest BCUT2D eigenvalue weighted by molar-refractivity contribution is 7.07. The van der Waals surface area contributed by atoms with E-state index in [1.54, 1.807) is 12.1 Å². The number of hydrogen-bond donors (Lipinski definition) is 0. The molecule has 3 rings (SSSR count). The molecule has 3 nitrogen and oxygen atoms in total. The normalized spacial score (nSPS) is 11.9. The Bertz CT molecular complexity index is 877. The lowest BCUT2D eigenvalue weighted by Gasteiger charge is -2.11. The topological polar surface area (TPSA) is 34.4 Å². The lowest BCUT2D eigenvalue weighted by molar-refractivity contribution is 0.0997. The molecule has 1 heterocycles. The molecule has 0 N–H and O–H groups in total. The van der Waals surface area contributed by atoms with E-state index in [9.17, 15) is 4.79 Å². The van der Waals surface area contributed by atoms with Crippen molar-refractivity contribution < 1.29 is 4.79 Å². The van der Waals surface area contributed by atoms with Gasteiger partial charge in [-0.25, -0.2) is 0 Å². The number of carbonyl (C=O) groups excluding carboxylic acids is 1. The highest BCUT2D eigenvalue weighted by atomic mass is 32.1. The van der Waals surface area contributed by atoms with E-state index >= 15 is 0 Å². The zero-order valence-corrected chi connectivity index (χ0v) is 14.7. The minimum atomic E-state index is -0.199. The number of nitrogens with zero attached hydrogens (tertiary/aromatic N) is 2. The van der Waals surface area contributed by atoms with Crippen molar-refractivity contribution in [3.63, 3.8) is 0 Å². The van der Waals surface area contributed by atoms with Gasteiger partial charge >= 0.3 is 0 Å². The average molecular weight is 336 g/mol. The summed E-state index contributed by atoms with van der Waals surface area (Å²) in [6, 6.07) is 19.4. The number of thiazole rings is 1. The number of amides is 1. The van der Waals surface area contributed by atoms with Gasteiger partial charge in [0.15, 0.2) is 4.80 Å². The number of carbonyl (C=O) groups is 1. The van der Waals surface area contributed by atoms with Gasteiger partial charge in [-0.05, 0) is 23.6 Å². The first-order valence-electron chi connectivity index (χ1n) is 8.03. The van der Waals surface area contributed by atoms with E-state index in [0.717, 1.165) is 22.6 Å². The van der Waals surface area contributed by atoms with Crippen LogP contribution in [0.5, 0.6) is 0 Å². The SMILES string of the molecule is CC(C)Cn1c(-c2ccccc2)csc1=NC(=O)c1ccccc1. The molecule has 1 amide bonds. The second-order valence-electron chi connectivity index (χ2n) is 6.06. The van der Waals surface area contributed by atoms with Gasteiger partial charge in [-0.3, -0.25) is 4.79 Å². The maximum atomic E-state index is 12.4. The maximum absolute atomic E-state index is 12.4. The van der Waals surface area contributed by atoms with Gasteiger partial charge in [0.1, 0.15) is 0 Å². The molecule has 0 aliphatic rings. The summed E-state index contributed by atoms with van der Waals surface area (Å²) < 4.78 is 2.14. The molecule has 0 saturated heterocycles. The van der Waals surface area contributed by atoms with Crippen molar-refractivity contribution in [2.45, 2.75) is 20.4 Å². The molecule has 0 unspecified atom stereocenters. The fourth-order valence-corrected chi connectivity index (χ4v) is 3.45. The van der Waals surface area contributed by atoms with Gasteiger partial charge in [0.25, 0.3) is 5.91 Å². The van der Waals surface area contributed by atoms with Crippen molar-refractivity contribution in [3.8, 4) is 11.3 Å². The van der Waals surface area contributed by atoms with Crippen LogP contribution in [0.3, 0.4) is 0 Å². The zero-order chi connectivity index (χ0) is 16.9. The van der Waals surface area contributed by atoms with Crippen LogP contribution in [0.4, 0.5) is 0 Å². The molecule has 4 heteroatoms. The van der Waals surface area contributed by atoms with Crippen molar-refractivity contribution in [3.05, 3.63) is 76.4 Å². The summed E-state index contributed by atoms with van der Waals surface area (Å²) in [7, 11) is 0. The fourth-order valence-electron chi connectivity index (χ4n) is 2.53. The predicted octanol–water partition coefficient (Wildman–Crippen LogP) is 4.61. The van der Waals surface area contributed by atoms with Gasteiger partial charge < -0.3 is 4.57 Å². The molecule has 24 heavy (non-hydrogen) atoms. The van der Waals surface area contributed by atoms with Crippen LogP contribution in [0.15, 0.2) is 71.0 Å². The van der Waals surface area contributed by atoms with Crippen molar-refractivity contribution in [2.24, 2.45) is 10.9 Å². The summed E-state index contributed by atoms with van der Waals surface area (Å²) in [5.41, 5.74) is 2.86. The number of hydrogen-bond acceptors (Lipinski definition) is 2. The van der Waals surface area contributed by atoms with E-state index in [2.05, 4.69) is 40.9 Å². The molecule has 0 bridgehead atoms. The Morgan fingerprint density at radius 1 is 1.04 bits per heavy atom. The first-order valence-corrected chi connectivity index (χ1v) is 8.91. The standard InChI is InChI=1S/C20H20N2OS/c1-15(2)13-22-18(16-9-5-3-6-10-16)14-24-20(22)21-19(23)17-11-7-4-8-12-17/h3-12,14-15H,13H2,1-2H3. The second kappa shape index (κ2) is 7.41. The molecule has 0 saturated carbocycles. The van der Waals surface area contributed by atoms with Crippen LogP contribution in [0, 0.1) is 5.92 Å².